The van der Waals surface area contributed by atoms with Crippen LogP contribution in [0.4, 0.5) is 0 Å². The summed E-state index contributed by atoms with van der Waals surface area (Å²) in [6, 6.07) is 0. The van der Waals surface area contributed by atoms with Crippen LogP contribution in [0.15, 0.2) is 0 Å². The summed E-state index contributed by atoms with van der Waals surface area (Å²) in [5.74, 6) is 3.08. The molecule has 2 N–H and O–H groups in total. The van der Waals surface area contributed by atoms with Gasteiger partial charge >= 0.3 is 0 Å². The number of aliphatic hydroxyl groups excluding tert-OH is 2. The van der Waals surface area contributed by atoms with E-state index in [9.17, 15) is 10.2 Å². The van der Waals surface area contributed by atoms with Crippen LogP contribution in [0.3, 0.4) is 0 Å². The SMILES string of the molecule is C[C@]1(CO)CCC[C@@]2(C)[C@H]3C[C@@H]4[C@@H]5C[C@]3(C[C@]45C)[C@@H](O)C[C@@H]12. The van der Waals surface area contributed by atoms with Gasteiger partial charge in [0, 0.05) is 12.0 Å². The maximum Gasteiger partial charge on any atom is 0.0602 e. The Morgan fingerprint density at radius 3 is 2.36 bits per heavy atom. The van der Waals surface area contributed by atoms with Gasteiger partial charge in [-0.3, -0.25) is 0 Å². The molecule has 2 heteroatoms. The molecule has 1 spiro atoms. The molecular weight excluding hydrogens is 272 g/mol. The van der Waals surface area contributed by atoms with Crippen LogP contribution in [0.5, 0.6) is 0 Å². The summed E-state index contributed by atoms with van der Waals surface area (Å²) >= 11 is 0. The van der Waals surface area contributed by atoms with Crippen LogP contribution in [0.25, 0.3) is 0 Å². The van der Waals surface area contributed by atoms with Gasteiger partial charge in [-0.2, -0.15) is 0 Å². The largest absolute Gasteiger partial charge is 0.396 e. The first-order valence-corrected chi connectivity index (χ1v) is 9.59. The standard InChI is InChI=1S/C20H32O2/c1-17(11-21)5-4-6-18(2)14(17)8-16(22)20-9-13-12(7-15(18)20)19(13,3)10-20/h12-16,21-22H,4-11H2,1-3H3/t12-,13+,14+,15-,16+,17-,18-,19-,20-/m1/s1. The molecule has 6 aliphatic rings. The van der Waals surface area contributed by atoms with Crippen LogP contribution >= 0.6 is 0 Å². The van der Waals surface area contributed by atoms with Crippen LogP contribution in [0, 0.1) is 45.3 Å². The average Bonchev–Trinajstić information content (AvgIpc) is 2.93. The summed E-state index contributed by atoms with van der Waals surface area (Å²) in [7, 11) is 0. The van der Waals surface area contributed by atoms with Gasteiger partial charge in [0.25, 0.3) is 0 Å². The van der Waals surface area contributed by atoms with Crippen LogP contribution < -0.4 is 0 Å². The minimum absolute atomic E-state index is 0.0308. The Kier molecular flexibility index (Phi) is 2.45. The Morgan fingerprint density at radius 2 is 1.73 bits per heavy atom. The van der Waals surface area contributed by atoms with Gasteiger partial charge in [-0.15, -0.1) is 0 Å². The van der Waals surface area contributed by atoms with Gasteiger partial charge in [0.2, 0.25) is 0 Å². The van der Waals surface area contributed by atoms with E-state index in [1.165, 1.54) is 32.1 Å². The first-order chi connectivity index (χ1) is 10.3. The van der Waals surface area contributed by atoms with E-state index in [0.29, 0.717) is 29.3 Å². The van der Waals surface area contributed by atoms with Gasteiger partial charge in [0.15, 0.2) is 0 Å². The molecule has 0 amide bonds. The lowest BCUT2D eigenvalue weighted by Crippen LogP contribution is -2.63. The van der Waals surface area contributed by atoms with E-state index >= 15 is 0 Å². The number of hydrogen-bond donors (Lipinski definition) is 2. The van der Waals surface area contributed by atoms with Gasteiger partial charge in [0.1, 0.15) is 0 Å². The number of rotatable bonds is 1. The summed E-state index contributed by atoms with van der Waals surface area (Å²) < 4.78 is 0. The highest BCUT2D eigenvalue weighted by Crippen LogP contribution is 2.85. The van der Waals surface area contributed by atoms with E-state index in [1.54, 1.807) is 0 Å². The fourth-order valence-corrected chi connectivity index (χ4v) is 8.83. The second-order valence-corrected chi connectivity index (χ2v) is 10.6. The predicted molar refractivity (Wildman–Crippen MR) is 86.1 cm³/mol. The van der Waals surface area contributed by atoms with E-state index in [0.717, 1.165) is 24.7 Å². The Hall–Kier alpha value is -0.0800. The molecule has 0 unspecified atom stereocenters. The zero-order valence-electron chi connectivity index (χ0n) is 14.4. The van der Waals surface area contributed by atoms with E-state index in [-0.39, 0.29) is 16.9 Å². The fourth-order valence-electron chi connectivity index (χ4n) is 8.83. The normalized spacial score (nSPS) is 68.3. The summed E-state index contributed by atoms with van der Waals surface area (Å²) in [4.78, 5) is 0. The first-order valence-electron chi connectivity index (χ1n) is 9.59. The lowest BCUT2D eigenvalue weighted by molar-refractivity contribution is -0.218. The van der Waals surface area contributed by atoms with Crippen molar-refractivity contribution in [1.82, 2.24) is 0 Å². The monoisotopic (exact) mass is 304 g/mol. The van der Waals surface area contributed by atoms with Gasteiger partial charge in [0.05, 0.1) is 6.10 Å². The lowest BCUT2D eigenvalue weighted by atomic mass is 9.39. The third-order valence-electron chi connectivity index (χ3n) is 9.94. The van der Waals surface area contributed by atoms with Crippen molar-refractivity contribution >= 4 is 0 Å². The Labute approximate surface area is 134 Å². The molecule has 4 bridgehead atoms. The first kappa shape index (κ1) is 14.3. The maximum atomic E-state index is 11.2. The zero-order chi connectivity index (χ0) is 15.5. The molecule has 0 aliphatic heterocycles. The Balaban J connectivity index is 1.59. The minimum Gasteiger partial charge on any atom is -0.396 e. The third kappa shape index (κ3) is 1.30. The van der Waals surface area contributed by atoms with Crippen LogP contribution in [0.2, 0.25) is 0 Å². The van der Waals surface area contributed by atoms with Crippen molar-refractivity contribution in [1.29, 1.82) is 0 Å². The second-order valence-electron chi connectivity index (χ2n) is 10.6. The summed E-state index contributed by atoms with van der Waals surface area (Å²) in [6.45, 7) is 7.60. The molecule has 124 valence electrons. The highest BCUT2D eigenvalue weighted by molar-refractivity contribution is 5.28. The summed E-state index contributed by atoms with van der Waals surface area (Å²) in [6.07, 6.45) is 8.51. The van der Waals surface area contributed by atoms with Gasteiger partial charge in [-0.25, -0.2) is 0 Å². The van der Waals surface area contributed by atoms with E-state index in [1.807, 2.05) is 0 Å². The third-order valence-corrected chi connectivity index (χ3v) is 9.94. The molecule has 0 aromatic heterocycles. The molecule has 2 nitrogen and oxygen atoms in total. The van der Waals surface area contributed by atoms with Crippen LogP contribution in [0.1, 0.15) is 65.7 Å². The smallest absolute Gasteiger partial charge is 0.0602 e. The number of fused-ring (bicyclic) bond motifs is 1. The predicted octanol–water partition coefficient (Wildman–Crippen LogP) is 3.61. The molecule has 0 heterocycles. The van der Waals surface area contributed by atoms with Crippen molar-refractivity contribution in [2.75, 3.05) is 6.61 Å². The molecule has 6 aliphatic carbocycles. The molecule has 0 radical (unpaired) electrons. The number of aliphatic hydroxyl groups is 2. The molecule has 0 saturated heterocycles. The average molecular weight is 304 g/mol. The van der Waals surface area contributed by atoms with E-state index in [4.69, 9.17) is 0 Å². The highest BCUT2D eigenvalue weighted by Gasteiger charge is 2.80. The molecular formula is C20H32O2. The molecule has 0 aromatic carbocycles. The van der Waals surface area contributed by atoms with Crippen LogP contribution in [-0.2, 0) is 0 Å². The fraction of sp³-hybridized carbons (Fsp3) is 1.00. The van der Waals surface area contributed by atoms with Gasteiger partial charge in [-0.05, 0) is 78.4 Å². The maximum absolute atomic E-state index is 11.2. The Morgan fingerprint density at radius 1 is 0.955 bits per heavy atom. The van der Waals surface area contributed by atoms with Crippen molar-refractivity contribution in [2.45, 2.75) is 71.8 Å². The second kappa shape index (κ2) is 3.77. The van der Waals surface area contributed by atoms with E-state index in [2.05, 4.69) is 20.8 Å². The van der Waals surface area contributed by atoms with Crippen molar-refractivity contribution in [3.05, 3.63) is 0 Å². The molecule has 6 saturated carbocycles. The van der Waals surface area contributed by atoms with Gasteiger partial charge in [-0.1, -0.05) is 27.2 Å². The van der Waals surface area contributed by atoms with Gasteiger partial charge < -0.3 is 10.2 Å². The topological polar surface area (TPSA) is 40.5 Å². The molecule has 22 heavy (non-hydrogen) atoms. The van der Waals surface area contributed by atoms with Crippen molar-refractivity contribution in [2.24, 2.45) is 45.3 Å². The van der Waals surface area contributed by atoms with E-state index < -0.39 is 0 Å². The highest BCUT2D eigenvalue weighted by atomic mass is 16.3. The number of hydrogen-bond acceptors (Lipinski definition) is 2. The minimum atomic E-state index is -0.120. The molecule has 9 atom stereocenters. The molecule has 6 rings (SSSR count). The Bertz CT molecular complexity index is 532. The lowest BCUT2D eigenvalue weighted by Gasteiger charge is -2.67. The molecule has 0 aromatic rings. The van der Waals surface area contributed by atoms with Crippen molar-refractivity contribution in [3.63, 3.8) is 0 Å². The van der Waals surface area contributed by atoms with Crippen LogP contribution in [-0.4, -0.2) is 22.9 Å². The van der Waals surface area contributed by atoms with Crippen molar-refractivity contribution in [3.8, 4) is 0 Å². The summed E-state index contributed by atoms with van der Waals surface area (Å²) in [5.41, 5.74) is 1.19. The molecule has 6 fully saturated rings. The summed E-state index contributed by atoms with van der Waals surface area (Å²) in [5, 5.41) is 21.3. The zero-order valence-corrected chi connectivity index (χ0v) is 14.4. The quantitative estimate of drug-likeness (QED) is 0.777. The van der Waals surface area contributed by atoms with Crippen molar-refractivity contribution < 1.29 is 10.2 Å².